The quantitative estimate of drug-likeness (QED) is 0.614. The molecule has 0 aliphatic rings. The molecule has 2 aromatic carbocycles. The van der Waals surface area contributed by atoms with Crippen molar-refractivity contribution in [1.29, 1.82) is 0 Å². The van der Waals surface area contributed by atoms with Gasteiger partial charge in [0.05, 0.1) is 27.7 Å². The zero-order chi connectivity index (χ0) is 23.8. The van der Waals surface area contributed by atoms with Crippen LogP contribution in [0.25, 0.3) is 16.6 Å². The highest BCUT2D eigenvalue weighted by atomic mass is 35.5. The zero-order valence-corrected chi connectivity index (χ0v) is 19.3. The number of carbonyl (C=O) groups excluding carboxylic acids is 2. The van der Waals surface area contributed by atoms with Crippen molar-refractivity contribution in [2.24, 2.45) is 5.73 Å². The van der Waals surface area contributed by atoms with Crippen molar-refractivity contribution in [2.75, 3.05) is 0 Å². The van der Waals surface area contributed by atoms with E-state index in [2.05, 4.69) is 10.3 Å². The summed E-state index contributed by atoms with van der Waals surface area (Å²) in [6, 6.07) is 9.14. The Hall–Kier alpha value is -3.39. The van der Waals surface area contributed by atoms with Crippen LogP contribution in [0.15, 0.2) is 41.2 Å². The molecule has 2 amide bonds. The van der Waals surface area contributed by atoms with Gasteiger partial charge in [-0.3, -0.25) is 14.2 Å². The van der Waals surface area contributed by atoms with Gasteiger partial charge in [-0.15, -0.1) is 0 Å². The smallest absolute Gasteiger partial charge is 0.408 e. The van der Waals surface area contributed by atoms with Crippen molar-refractivity contribution in [3.8, 4) is 5.69 Å². The highest BCUT2D eigenvalue weighted by Crippen LogP contribution is 2.25. The number of benzene rings is 2. The van der Waals surface area contributed by atoms with Crippen LogP contribution in [0.5, 0.6) is 0 Å². The standard InChI is InChI=1S/C23H25ClN4O4/c1-12-14(19(25)29)8-6-11-17(12)28-20(13(2)26-22(31)32-23(3,4)5)27-16-10-7-9-15(24)18(16)21(28)30/h6-11,13H,1-5H3,(H2,25,29)(H,26,31)/t13-/m0/s1. The first-order valence-corrected chi connectivity index (χ1v) is 10.4. The average molecular weight is 457 g/mol. The predicted molar refractivity (Wildman–Crippen MR) is 123 cm³/mol. The van der Waals surface area contributed by atoms with E-state index in [0.29, 0.717) is 16.8 Å². The molecule has 0 saturated heterocycles. The number of hydrogen-bond donors (Lipinski definition) is 2. The minimum Gasteiger partial charge on any atom is -0.444 e. The Morgan fingerprint density at radius 1 is 1.19 bits per heavy atom. The number of amides is 2. The van der Waals surface area contributed by atoms with Crippen molar-refractivity contribution in [3.63, 3.8) is 0 Å². The van der Waals surface area contributed by atoms with Gasteiger partial charge in [-0.25, -0.2) is 9.78 Å². The summed E-state index contributed by atoms with van der Waals surface area (Å²) in [5.41, 5.74) is 5.94. The van der Waals surface area contributed by atoms with Gasteiger partial charge in [0.15, 0.2) is 0 Å². The molecule has 9 heteroatoms. The highest BCUT2D eigenvalue weighted by molar-refractivity contribution is 6.35. The van der Waals surface area contributed by atoms with Crippen LogP contribution in [0.4, 0.5) is 4.79 Å². The third-order valence-corrected chi connectivity index (χ3v) is 5.12. The lowest BCUT2D eigenvalue weighted by atomic mass is 10.1. The summed E-state index contributed by atoms with van der Waals surface area (Å²) in [5, 5.41) is 3.19. The van der Waals surface area contributed by atoms with Gasteiger partial charge in [0.1, 0.15) is 11.4 Å². The molecule has 0 unspecified atom stereocenters. The molecule has 0 radical (unpaired) electrons. The molecule has 0 fully saturated rings. The summed E-state index contributed by atoms with van der Waals surface area (Å²) in [7, 11) is 0. The molecule has 1 heterocycles. The van der Waals surface area contributed by atoms with Crippen LogP contribution in [-0.2, 0) is 4.74 Å². The maximum absolute atomic E-state index is 13.6. The topological polar surface area (TPSA) is 116 Å². The van der Waals surface area contributed by atoms with Gasteiger partial charge in [0, 0.05) is 5.56 Å². The van der Waals surface area contributed by atoms with E-state index in [1.807, 2.05) is 0 Å². The van der Waals surface area contributed by atoms with Crippen LogP contribution in [0.3, 0.4) is 0 Å². The first-order valence-electron chi connectivity index (χ1n) is 10.0. The molecule has 3 rings (SSSR count). The second-order valence-electron chi connectivity index (χ2n) is 8.43. The molecule has 0 aliphatic carbocycles. The fraction of sp³-hybridized carbons (Fsp3) is 0.304. The van der Waals surface area contributed by atoms with Crippen LogP contribution < -0.4 is 16.6 Å². The van der Waals surface area contributed by atoms with Crippen LogP contribution in [0.1, 0.15) is 55.5 Å². The van der Waals surface area contributed by atoms with Crippen molar-refractivity contribution in [3.05, 3.63) is 68.7 Å². The number of nitrogens with one attached hydrogen (secondary N) is 1. The minimum absolute atomic E-state index is 0.228. The predicted octanol–water partition coefficient (Wildman–Crippen LogP) is 4.03. The third-order valence-electron chi connectivity index (χ3n) is 4.80. The monoisotopic (exact) mass is 456 g/mol. The summed E-state index contributed by atoms with van der Waals surface area (Å²) in [6.45, 7) is 8.63. The maximum Gasteiger partial charge on any atom is 0.408 e. The number of nitrogens with two attached hydrogens (primary N) is 1. The first kappa shape index (κ1) is 23.3. The Morgan fingerprint density at radius 3 is 2.47 bits per heavy atom. The van der Waals surface area contributed by atoms with E-state index in [1.54, 1.807) is 71.0 Å². The van der Waals surface area contributed by atoms with E-state index < -0.39 is 29.2 Å². The molecule has 0 aliphatic heterocycles. The van der Waals surface area contributed by atoms with E-state index in [1.165, 1.54) is 4.57 Å². The lowest BCUT2D eigenvalue weighted by molar-refractivity contribution is 0.0505. The molecule has 0 spiro atoms. The van der Waals surface area contributed by atoms with Gasteiger partial charge in [-0.1, -0.05) is 23.7 Å². The summed E-state index contributed by atoms with van der Waals surface area (Å²) in [4.78, 5) is 42.5. The molecule has 3 aromatic rings. The molecular formula is C23H25ClN4O4. The SMILES string of the molecule is Cc1c(C(N)=O)cccc1-n1c([C@H](C)NC(=O)OC(C)(C)C)nc2cccc(Cl)c2c1=O. The van der Waals surface area contributed by atoms with E-state index in [4.69, 9.17) is 22.1 Å². The average Bonchev–Trinajstić information content (AvgIpc) is 2.66. The van der Waals surface area contributed by atoms with Gasteiger partial charge in [0.2, 0.25) is 5.91 Å². The number of rotatable bonds is 4. The Bertz CT molecular complexity index is 1280. The van der Waals surface area contributed by atoms with E-state index in [-0.39, 0.29) is 21.8 Å². The van der Waals surface area contributed by atoms with Gasteiger partial charge < -0.3 is 15.8 Å². The molecule has 1 aromatic heterocycles. The fourth-order valence-electron chi connectivity index (χ4n) is 3.41. The molecule has 1 atom stereocenters. The van der Waals surface area contributed by atoms with Crippen LogP contribution in [0.2, 0.25) is 5.02 Å². The van der Waals surface area contributed by atoms with Gasteiger partial charge >= 0.3 is 6.09 Å². The van der Waals surface area contributed by atoms with Crippen LogP contribution >= 0.6 is 11.6 Å². The number of carbonyl (C=O) groups is 2. The Labute approximate surface area is 190 Å². The number of fused-ring (bicyclic) bond motifs is 1. The van der Waals surface area contributed by atoms with E-state index in [0.717, 1.165) is 0 Å². The van der Waals surface area contributed by atoms with Crippen molar-refractivity contribution >= 4 is 34.5 Å². The van der Waals surface area contributed by atoms with Crippen molar-refractivity contribution in [1.82, 2.24) is 14.9 Å². The minimum atomic E-state index is -0.711. The molecule has 32 heavy (non-hydrogen) atoms. The number of primary amides is 1. The van der Waals surface area contributed by atoms with Crippen LogP contribution in [0, 0.1) is 6.92 Å². The normalized spacial score (nSPS) is 12.4. The van der Waals surface area contributed by atoms with Crippen molar-refractivity contribution in [2.45, 2.75) is 46.3 Å². The lowest BCUT2D eigenvalue weighted by Crippen LogP contribution is -2.37. The zero-order valence-electron chi connectivity index (χ0n) is 18.5. The molecule has 0 bridgehead atoms. The Kier molecular flexibility index (Phi) is 6.27. The number of halogens is 1. The summed E-state index contributed by atoms with van der Waals surface area (Å²) in [6.07, 6.45) is -0.653. The molecule has 0 saturated carbocycles. The number of ether oxygens (including phenoxy) is 1. The molecule has 8 nitrogen and oxygen atoms in total. The molecule has 3 N–H and O–H groups in total. The third kappa shape index (κ3) is 4.60. The Balaban J connectivity index is 2.27. The van der Waals surface area contributed by atoms with Crippen LogP contribution in [-0.4, -0.2) is 27.2 Å². The largest absolute Gasteiger partial charge is 0.444 e. The number of nitrogens with zero attached hydrogens (tertiary/aromatic N) is 2. The van der Waals surface area contributed by atoms with E-state index in [9.17, 15) is 14.4 Å². The Morgan fingerprint density at radius 2 is 1.84 bits per heavy atom. The summed E-state index contributed by atoms with van der Waals surface area (Å²) >= 11 is 6.31. The van der Waals surface area contributed by atoms with Crippen molar-refractivity contribution < 1.29 is 14.3 Å². The number of hydrogen-bond acceptors (Lipinski definition) is 5. The highest BCUT2D eigenvalue weighted by Gasteiger charge is 2.24. The summed E-state index contributed by atoms with van der Waals surface area (Å²) < 4.78 is 6.68. The van der Waals surface area contributed by atoms with Gasteiger partial charge in [0.25, 0.3) is 5.56 Å². The number of aromatic nitrogens is 2. The summed E-state index contributed by atoms with van der Waals surface area (Å²) in [5.74, 6) is -0.369. The van der Waals surface area contributed by atoms with Gasteiger partial charge in [-0.05, 0) is 64.4 Å². The molecule has 168 valence electrons. The molecular weight excluding hydrogens is 432 g/mol. The van der Waals surface area contributed by atoms with E-state index >= 15 is 0 Å². The second-order valence-corrected chi connectivity index (χ2v) is 8.83. The van der Waals surface area contributed by atoms with Gasteiger partial charge in [-0.2, -0.15) is 0 Å². The second kappa shape index (κ2) is 8.63. The number of alkyl carbamates (subject to hydrolysis) is 1. The lowest BCUT2D eigenvalue weighted by Gasteiger charge is -2.24. The first-order chi connectivity index (χ1) is 14.9. The maximum atomic E-state index is 13.6. The fourth-order valence-corrected chi connectivity index (χ4v) is 3.66.